The third-order valence-corrected chi connectivity index (χ3v) is 8.25. The monoisotopic (exact) mass is 523 g/mol. The standard InChI is InChI=1S/C32H37N5O2/c1-39-28-13-11-25(12-14-28)23-37-30-10-6-5-9-29(30)33-31(37)24-34-17-15-26(16-18-34)32(38)36-21-19-35(20-22-36)27-7-3-2-4-8-27/h2-14,26H,15-24H2,1H3. The van der Waals surface area contributed by atoms with Crippen LogP contribution in [-0.4, -0.2) is 71.6 Å². The number of imidazole rings is 1. The zero-order chi connectivity index (χ0) is 26.6. The minimum Gasteiger partial charge on any atom is -0.497 e. The summed E-state index contributed by atoms with van der Waals surface area (Å²) >= 11 is 0. The average molecular weight is 524 g/mol. The Kier molecular flexibility index (Phi) is 7.50. The molecule has 0 bridgehead atoms. The summed E-state index contributed by atoms with van der Waals surface area (Å²) in [7, 11) is 1.69. The van der Waals surface area contributed by atoms with Crippen molar-refractivity contribution >= 4 is 22.6 Å². The number of fused-ring (bicyclic) bond motifs is 1. The van der Waals surface area contributed by atoms with Gasteiger partial charge in [-0.05, 0) is 67.9 Å². The number of ether oxygens (including phenoxy) is 1. The molecule has 0 spiro atoms. The second-order valence-electron chi connectivity index (χ2n) is 10.6. The number of likely N-dealkylation sites (tertiary alicyclic amines) is 1. The van der Waals surface area contributed by atoms with Crippen LogP contribution in [0, 0.1) is 5.92 Å². The molecule has 6 rings (SSSR count). The summed E-state index contributed by atoms with van der Waals surface area (Å²) < 4.78 is 7.67. The molecule has 2 aliphatic heterocycles. The molecule has 0 aliphatic carbocycles. The van der Waals surface area contributed by atoms with Crippen molar-refractivity contribution in [1.82, 2.24) is 19.4 Å². The molecule has 0 N–H and O–H groups in total. The third kappa shape index (κ3) is 5.64. The molecule has 3 heterocycles. The van der Waals surface area contributed by atoms with Crippen LogP contribution in [0.2, 0.25) is 0 Å². The van der Waals surface area contributed by atoms with E-state index in [0.29, 0.717) is 5.91 Å². The van der Waals surface area contributed by atoms with Gasteiger partial charge in [0.1, 0.15) is 11.6 Å². The van der Waals surface area contributed by atoms with E-state index < -0.39 is 0 Å². The predicted octanol–water partition coefficient (Wildman–Crippen LogP) is 4.65. The normalized spacial score (nSPS) is 17.1. The summed E-state index contributed by atoms with van der Waals surface area (Å²) in [5, 5.41) is 0. The largest absolute Gasteiger partial charge is 0.497 e. The van der Waals surface area contributed by atoms with Gasteiger partial charge in [-0.2, -0.15) is 0 Å². The van der Waals surface area contributed by atoms with Crippen LogP contribution in [0.15, 0.2) is 78.9 Å². The fraction of sp³-hybridized carbons (Fsp3) is 0.375. The summed E-state index contributed by atoms with van der Waals surface area (Å²) in [5.41, 5.74) is 4.65. The summed E-state index contributed by atoms with van der Waals surface area (Å²) in [6, 6.07) is 27.1. The van der Waals surface area contributed by atoms with Crippen molar-refractivity contribution in [1.29, 1.82) is 0 Å². The fourth-order valence-electron chi connectivity index (χ4n) is 5.96. The first-order valence-corrected chi connectivity index (χ1v) is 14.1. The van der Waals surface area contributed by atoms with E-state index in [2.05, 4.69) is 73.9 Å². The number of nitrogens with zero attached hydrogens (tertiary/aromatic N) is 5. The van der Waals surface area contributed by atoms with Gasteiger partial charge < -0.3 is 19.1 Å². The van der Waals surface area contributed by atoms with Crippen molar-refractivity contribution in [3.05, 3.63) is 90.3 Å². The number of hydrogen-bond acceptors (Lipinski definition) is 5. The number of piperidine rings is 1. The van der Waals surface area contributed by atoms with E-state index in [1.165, 1.54) is 11.3 Å². The minimum absolute atomic E-state index is 0.127. The van der Waals surface area contributed by atoms with Crippen LogP contribution in [0.4, 0.5) is 5.69 Å². The summed E-state index contributed by atoms with van der Waals surface area (Å²) in [6.07, 6.45) is 1.83. The van der Waals surface area contributed by atoms with E-state index >= 15 is 0 Å². The molecule has 3 aromatic carbocycles. The van der Waals surface area contributed by atoms with Gasteiger partial charge in [-0.15, -0.1) is 0 Å². The number of hydrogen-bond donors (Lipinski definition) is 0. The topological polar surface area (TPSA) is 53.8 Å². The number of methoxy groups -OCH3 is 1. The zero-order valence-electron chi connectivity index (χ0n) is 22.7. The second-order valence-corrected chi connectivity index (χ2v) is 10.6. The number of carbonyl (C=O) groups excluding carboxylic acids is 1. The van der Waals surface area contributed by atoms with E-state index in [9.17, 15) is 4.79 Å². The van der Waals surface area contributed by atoms with Gasteiger partial charge >= 0.3 is 0 Å². The van der Waals surface area contributed by atoms with E-state index in [0.717, 1.165) is 87.8 Å². The number of piperazine rings is 1. The molecular formula is C32H37N5O2. The van der Waals surface area contributed by atoms with E-state index in [1.807, 2.05) is 24.3 Å². The first-order valence-electron chi connectivity index (χ1n) is 14.1. The Labute approximate surface area is 230 Å². The number of rotatable bonds is 7. The molecule has 39 heavy (non-hydrogen) atoms. The van der Waals surface area contributed by atoms with E-state index in [-0.39, 0.29) is 5.92 Å². The molecule has 7 heteroatoms. The molecule has 1 amide bonds. The van der Waals surface area contributed by atoms with Crippen molar-refractivity contribution in [3.63, 3.8) is 0 Å². The molecule has 0 radical (unpaired) electrons. The highest BCUT2D eigenvalue weighted by molar-refractivity contribution is 5.79. The van der Waals surface area contributed by atoms with Crippen molar-refractivity contribution in [2.24, 2.45) is 5.92 Å². The molecule has 2 fully saturated rings. The highest BCUT2D eigenvalue weighted by Crippen LogP contribution is 2.25. The highest BCUT2D eigenvalue weighted by Gasteiger charge is 2.31. The smallest absolute Gasteiger partial charge is 0.225 e. The van der Waals surface area contributed by atoms with Gasteiger partial charge in [0.25, 0.3) is 0 Å². The van der Waals surface area contributed by atoms with Crippen LogP contribution >= 0.6 is 0 Å². The predicted molar refractivity (Wildman–Crippen MR) is 155 cm³/mol. The molecule has 2 saturated heterocycles. The van der Waals surface area contributed by atoms with Crippen LogP contribution in [0.3, 0.4) is 0 Å². The Bertz CT molecular complexity index is 1390. The van der Waals surface area contributed by atoms with Crippen LogP contribution in [0.5, 0.6) is 5.75 Å². The van der Waals surface area contributed by atoms with Crippen molar-refractivity contribution in [3.8, 4) is 5.75 Å². The van der Waals surface area contributed by atoms with Crippen molar-refractivity contribution < 1.29 is 9.53 Å². The third-order valence-electron chi connectivity index (χ3n) is 8.25. The maximum atomic E-state index is 13.3. The average Bonchev–Trinajstić information content (AvgIpc) is 3.34. The molecular weight excluding hydrogens is 486 g/mol. The molecule has 4 aromatic rings. The lowest BCUT2D eigenvalue weighted by molar-refractivity contribution is -0.137. The number of benzene rings is 3. The van der Waals surface area contributed by atoms with Crippen LogP contribution < -0.4 is 9.64 Å². The molecule has 7 nitrogen and oxygen atoms in total. The van der Waals surface area contributed by atoms with E-state index in [4.69, 9.17) is 9.72 Å². The summed E-state index contributed by atoms with van der Waals surface area (Å²) in [4.78, 5) is 25.3. The van der Waals surface area contributed by atoms with Gasteiger partial charge in [0.2, 0.25) is 5.91 Å². The maximum absolute atomic E-state index is 13.3. The number of anilines is 1. The lowest BCUT2D eigenvalue weighted by Crippen LogP contribution is -2.51. The molecule has 2 aliphatic rings. The summed E-state index contributed by atoms with van der Waals surface area (Å²) in [6.45, 7) is 6.83. The number of amides is 1. The highest BCUT2D eigenvalue weighted by atomic mass is 16.5. The molecule has 0 saturated carbocycles. The zero-order valence-corrected chi connectivity index (χ0v) is 22.7. The van der Waals surface area contributed by atoms with Crippen molar-refractivity contribution in [2.75, 3.05) is 51.3 Å². The Morgan fingerprint density at radius 1 is 0.821 bits per heavy atom. The quantitative estimate of drug-likeness (QED) is 0.353. The number of carbonyl (C=O) groups is 1. The van der Waals surface area contributed by atoms with Gasteiger partial charge in [0.15, 0.2) is 0 Å². The lowest BCUT2D eigenvalue weighted by atomic mass is 9.95. The Morgan fingerprint density at radius 3 is 2.23 bits per heavy atom. The Balaban J connectivity index is 1.07. The van der Waals surface area contributed by atoms with E-state index in [1.54, 1.807) is 7.11 Å². The first kappa shape index (κ1) is 25.4. The lowest BCUT2D eigenvalue weighted by Gasteiger charge is -2.39. The summed E-state index contributed by atoms with van der Waals surface area (Å²) in [5.74, 6) is 2.41. The minimum atomic E-state index is 0.127. The number of aromatic nitrogens is 2. The first-order chi connectivity index (χ1) is 19.2. The SMILES string of the molecule is COc1ccc(Cn2c(CN3CCC(C(=O)N4CCN(c5ccccc5)CC4)CC3)nc3ccccc32)cc1. The van der Waals surface area contributed by atoms with Gasteiger partial charge in [0, 0.05) is 44.3 Å². The van der Waals surface area contributed by atoms with Gasteiger partial charge in [-0.25, -0.2) is 4.98 Å². The van der Waals surface area contributed by atoms with Crippen LogP contribution in [-0.2, 0) is 17.9 Å². The molecule has 202 valence electrons. The van der Waals surface area contributed by atoms with Crippen molar-refractivity contribution in [2.45, 2.75) is 25.9 Å². The van der Waals surface area contributed by atoms with Crippen LogP contribution in [0.25, 0.3) is 11.0 Å². The Morgan fingerprint density at radius 2 is 1.51 bits per heavy atom. The van der Waals surface area contributed by atoms with Gasteiger partial charge in [0.05, 0.1) is 24.7 Å². The number of para-hydroxylation sites is 3. The molecule has 1 aromatic heterocycles. The maximum Gasteiger partial charge on any atom is 0.225 e. The fourth-order valence-corrected chi connectivity index (χ4v) is 5.96. The second kappa shape index (κ2) is 11.5. The Hall–Kier alpha value is -3.84. The molecule has 0 unspecified atom stereocenters. The van der Waals surface area contributed by atoms with Crippen LogP contribution in [0.1, 0.15) is 24.2 Å². The van der Waals surface area contributed by atoms with Gasteiger partial charge in [-0.1, -0.05) is 42.5 Å². The van der Waals surface area contributed by atoms with Gasteiger partial charge in [-0.3, -0.25) is 9.69 Å². The molecule has 0 atom stereocenters.